The first-order valence-electron chi connectivity index (χ1n) is 7.05. The number of rotatable bonds is 3. The predicted molar refractivity (Wildman–Crippen MR) is 68.6 cm³/mol. The van der Waals surface area contributed by atoms with Crippen LogP contribution in [-0.2, 0) is 9.53 Å². The topological polar surface area (TPSA) is 26.3 Å². The Morgan fingerprint density at radius 1 is 1.29 bits per heavy atom. The lowest BCUT2D eigenvalue weighted by Crippen LogP contribution is -2.28. The van der Waals surface area contributed by atoms with Gasteiger partial charge in [-0.15, -0.1) is 0 Å². The van der Waals surface area contributed by atoms with Gasteiger partial charge in [-0.25, -0.2) is 0 Å². The first-order valence-corrected chi connectivity index (χ1v) is 7.05. The van der Waals surface area contributed by atoms with Crippen molar-refractivity contribution in [1.82, 2.24) is 0 Å². The van der Waals surface area contributed by atoms with Gasteiger partial charge in [0.15, 0.2) is 0 Å². The third-order valence-electron chi connectivity index (χ3n) is 4.26. The highest BCUT2D eigenvalue weighted by atomic mass is 16.5. The lowest BCUT2D eigenvalue weighted by atomic mass is 9.85. The van der Waals surface area contributed by atoms with Gasteiger partial charge in [0.05, 0.1) is 5.92 Å². The van der Waals surface area contributed by atoms with Gasteiger partial charge in [0.1, 0.15) is 6.10 Å². The predicted octanol–water partition coefficient (Wildman–Crippen LogP) is 3.79. The Labute approximate surface area is 105 Å². The quantitative estimate of drug-likeness (QED) is 0.699. The van der Waals surface area contributed by atoms with Crippen LogP contribution in [0.25, 0.3) is 0 Å². The van der Waals surface area contributed by atoms with Crippen molar-refractivity contribution < 1.29 is 9.53 Å². The summed E-state index contributed by atoms with van der Waals surface area (Å²) in [4.78, 5) is 12.0. The monoisotopic (exact) mass is 238 g/mol. The Bertz CT molecular complexity index is 290. The number of esters is 1. The molecule has 4 unspecified atom stereocenters. The van der Waals surface area contributed by atoms with Crippen molar-refractivity contribution in [2.24, 2.45) is 23.2 Å². The normalized spacial score (nSPS) is 33.8. The van der Waals surface area contributed by atoms with Crippen molar-refractivity contribution in [3.05, 3.63) is 0 Å². The smallest absolute Gasteiger partial charge is 0.308 e. The Kier molecular flexibility index (Phi) is 3.51. The zero-order valence-corrected chi connectivity index (χ0v) is 11.7. The first-order chi connectivity index (χ1) is 7.85. The minimum Gasteiger partial charge on any atom is -0.462 e. The number of hydrogen-bond donors (Lipinski definition) is 0. The van der Waals surface area contributed by atoms with Gasteiger partial charge in [-0.05, 0) is 49.4 Å². The van der Waals surface area contributed by atoms with E-state index in [9.17, 15) is 4.79 Å². The minimum absolute atomic E-state index is 0.0254. The van der Waals surface area contributed by atoms with E-state index in [1.54, 1.807) is 0 Å². The Morgan fingerprint density at radius 2 is 2.00 bits per heavy atom. The molecule has 2 saturated carbocycles. The van der Waals surface area contributed by atoms with Crippen LogP contribution in [0.1, 0.15) is 59.8 Å². The number of hydrogen-bond acceptors (Lipinski definition) is 2. The van der Waals surface area contributed by atoms with Crippen molar-refractivity contribution in [2.75, 3.05) is 0 Å². The Balaban J connectivity index is 1.81. The molecule has 0 radical (unpaired) electrons. The third kappa shape index (κ3) is 3.23. The zero-order valence-electron chi connectivity index (χ0n) is 11.7. The molecule has 0 N–H and O–H groups in total. The number of carbonyl (C=O) groups is 1. The number of fused-ring (bicyclic) bond motifs is 2. The molecule has 2 bridgehead atoms. The fourth-order valence-corrected chi connectivity index (χ4v) is 3.60. The molecule has 2 heteroatoms. The van der Waals surface area contributed by atoms with Crippen LogP contribution in [0, 0.1) is 23.2 Å². The van der Waals surface area contributed by atoms with Crippen LogP contribution in [0.15, 0.2) is 0 Å². The summed E-state index contributed by atoms with van der Waals surface area (Å²) in [5, 5.41) is 0. The molecule has 17 heavy (non-hydrogen) atoms. The molecule has 2 aliphatic carbocycles. The van der Waals surface area contributed by atoms with E-state index in [0.29, 0.717) is 5.92 Å². The molecule has 0 amide bonds. The summed E-state index contributed by atoms with van der Waals surface area (Å²) in [6.07, 6.45) is 6.20. The summed E-state index contributed by atoms with van der Waals surface area (Å²) < 4.78 is 5.71. The van der Waals surface area contributed by atoms with E-state index in [-0.39, 0.29) is 23.4 Å². The van der Waals surface area contributed by atoms with Gasteiger partial charge >= 0.3 is 5.97 Å². The molecule has 0 aliphatic heterocycles. The molecule has 0 saturated heterocycles. The second kappa shape index (κ2) is 4.62. The van der Waals surface area contributed by atoms with E-state index < -0.39 is 0 Å². The highest BCUT2D eigenvalue weighted by molar-refractivity contribution is 5.72. The molecule has 0 spiro atoms. The van der Waals surface area contributed by atoms with Gasteiger partial charge in [-0.2, -0.15) is 0 Å². The molecule has 0 heterocycles. The molecule has 0 aromatic heterocycles. The first kappa shape index (κ1) is 12.9. The highest BCUT2D eigenvalue weighted by Crippen LogP contribution is 2.46. The maximum atomic E-state index is 12.0. The van der Waals surface area contributed by atoms with Gasteiger partial charge < -0.3 is 4.74 Å². The summed E-state index contributed by atoms with van der Waals surface area (Å²) in [5.41, 5.74) is 0.202. The maximum absolute atomic E-state index is 12.0. The standard InChI is InChI=1S/C15H26O2/c1-10(9-15(2,3)4)14(16)17-13-8-11-5-6-12(13)7-11/h10-13H,5-9H2,1-4H3. The lowest BCUT2D eigenvalue weighted by Gasteiger charge is -2.26. The van der Waals surface area contributed by atoms with Gasteiger partial charge in [0.2, 0.25) is 0 Å². The van der Waals surface area contributed by atoms with E-state index in [4.69, 9.17) is 4.74 Å². The second-order valence-corrected chi connectivity index (χ2v) is 7.32. The van der Waals surface area contributed by atoms with Crippen LogP contribution in [0.3, 0.4) is 0 Å². The molecule has 0 aromatic carbocycles. The van der Waals surface area contributed by atoms with Crippen molar-refractivity contribution in [3.8, 4) is 0 Å². The van der Waals surface area contributed by atoms with Crippen LogP contribution >= 0.6 is 0 Å². The fraction of sp³-hybridized carbons (Fsp3) is 0.933. The Morgan fingerprint density at radius 3 is 2.47 bits per heavy atom. The molecule has 2 aliphatic rings. The van der Waals surface area contributed by atoms with E-state index in [1.165, 1.54) is 19.3 Å². The van der Waals surface area contributed by atoms with E-state index >= 15 is 0 Å². The van der Waals surface area contributed by atoms with Crippen LogP contribution in [-0.4, -0.2) is 12.1 Å². The van der Waals surface area contributed by atoms with Gasteiger partial charge in [-0.1, -0.05) is 27.7 Å². The van der Waals surface area contributed by atoms with Gasteiger partial charge in [-0.3, -0.25) is 4.79 Å². The molecule has 2 nitrogen and oxygen atoms in total. The van der Waals surface area contributed by atoms with E-state index in [0.717, 1.165) is 18.8 Å². The molecule has 2 fully saturated rings. The third-order valence-corrected chi connectivity index (χ3v) is 4.26. The van der Waals surface area contributed by atoms with Crippen LogP contribution < -0.4 is 0 Å². The Hall–Kier alpha value is -0.530. The summed E-state index contributed by atoms with van der Waals surface area (Å²) in [6.45, 7) is 8.53. The SMILES string of the molecule is CC(CC(C)(C)C)C(=O)OC1CC2CCC1C2. The minimum atomic E-state index is 0.0254. The van der Waals surface area contributed by atoms with Crippen LogP contribution in [0.5, 0.6) is 0 Å². The summed E-state index contributed by atoms with van der Waals surface area (Å²) in [7, 11) is 0. The molecule has 2 rings (SSSR count). The molecule has 98 valence electrons. The zero-order chi connectivity index (χ0) is 12.6. The highest BCUT2D eigenvalue weighted by Gasteiger charge is 2.42. The summed E-state index contributed by atoms with van der Waals surface area (Å²) in [6, 6.07) is 0. The van der Waals surface area contributed by atoms with Crippen LogP contribution in [0.2, 0.25) is 0 Å². The maximum Gasteiger partial charge on any atom is 0.308 e. The second-order valence-electron chi connectivity index (χ2n) is 7.32. The van der Waals surface area contributed by atoms with Crippen molar-refractivity contribution in [2.45, 2.75) is 65.9 Å². The van der Waals surface area contributed by atoms with E-state index in [1.807, 2.05) is 6.92 Å². The number of ether oxygens (including phenoxy) is 1. The average Bonchev–Trinajstić information content (AvgIpc) is 2.76. The fourth-order valence-electron chi connectivity index (χ4n) is 3.60. The van der Waals surface area contributed by atoms with Crippen molar-refractivity contribution in [1.29, 1.82) is 0 Å². The molecular formula is C15H26O2. The summed E-state index contributed by atoms with van der Waals surface area (Å²) in [5.74, 6) is 1.58. The van der Waals surface area contributed by atoms with Gasteiger partial charge in [0.25, 0.3) is 0 Å². The van der Waals surface area contributed by atoms with Crippen molar-refractivity contribution in [3.63, 3.8) is 0 Å². The molecule has 0 aromatic rings. The number of carbonyl (C=O) groups excluding carboxylic acids is 1. The van der Waals surface area contributed by atoms with E-state index in [2.05, 4.69) is 20.8 Å². The van der Waals surface area contributed by atoms with Crippen LogP contribution in [0.4, 0.5) is 0 Å². The molecule has 4 atom stereocenters. The molecular weight excluding hydrogens is 212 g/mol. The lowest BCUT2D eigenvalue weighted by molar-refractivity contribution is -0.157. The largest absolute Gasteiger partial charge is 0.462 e. The summed E-state index contributed by atoms with van der Waals surface area (Å²) >= 11 is 0. The van der Waals surface area contributed by atoms with Gasteiger partial charge in [0, 0.05) is 0 Å². The average molecular weight is 238 g/mol. The van der Waals surface area contributed by atoms with Crippen molar-refractivity contribution >= 4 is 5.97 Å².